The zero-order chi connectivity index (χ0) is 42.1. The number of carbonyl (C=O) groups is 2. The van der Waals surface area contributed by atoms with E-state index in [2.05, 4.69) is 111 Å². The second-order valence-corrected chi connectivity index (χ2v) is 16.5. The minimum atomic E-state index is -4.38. The van der Waals surface area contributed by atoms with Crippen molar-refractivity contribution in [3.63, 3.8) is 0 Å². The molecule has 324 valence electrons. The molecule has 0 aliphatic heterocycles. The molecule has 1 N–H and O–H groups in total. The summed E-state index contributed by atoms with van der Waals surface area (Å²) in [6.07, 6.45) is 50.7. The van der Waals surface area contributed by atoms with Gasteiger partial charge in [-0.2, -0.15) is 0 Å². The van der Waals surface area contributed by atoms with Crippen LogP contribution < -0.4 is 0 Å². The summed E-state index contributed by atoms with van der Waals surface area (Å²) >= 11 is 0. The van der Waals surface area contributed by atoms with Crippen LogP contribution in [-0.2, 0) is 32.7 Å². The van der Waals surface area contributed by atoms with E-state index < -0.39 is 32.5 Å². The Hall–Kier alpha value is -3.07. The highest BCUT2D eigenvalue weighted by Gasteiger charge is 2.27. The van der Waals surface area contributed by atoms with Crippen molar-refractivity contribution in [3.8, 4) is 0 Å². The Balaban J connectivity index is 4.32. The Kier molecular flexibility index (Phi) is 36.4. The second-order valence-electron chi connectivity index (χ2n) is 15.0. The predicted molar refractivity (Wildman–Crippen MR) is 238 cm³/mol. The van der Waals surface area contributed by atoms with Crippen LogP contribution >= 0.6 is 7.82 Å². The van der Waals surface area contributed by atoms with Gasteiger partial charge in [0.25, 0.3) is 0 Å². The SMILES string of the molecule is CC/C=C\C/C=C\C/C=C\C/C=C\C/C=C\C/C=C\C/C=C\C/C=C\CCCCC(=O)OC(COC(=O)CCCCCCCC)COP(=O)(O)OCC[N+](C)(C)C. The molecule has 0 radical (unpaired) electrons. The van der Waals surface area contributed by atoms with Crippen molar-refractivity contribution in [2.75, 3.05) is 47.5 Å². The highest BCUT2D eigenvalue weighted by molar-refractivity contribution is 7.47. The number of rotatable bonds is 37. The molecule has 2 unspecified atom stereocenters. The summed E-state index contributed by atoms with van der Waals surface area (Å²) in [7, 11) is 1.43. The molecule has 0 aliphatic carbocycles. The minimum absolute atomic E-state index is 0.0179. The van der Waals surface area contributed by atoms with Crippen LogP contribution in [0.5, 0.6) is 0 Å². The van der Waals surface area contributed by atoms with Gasteiger partial charge in [-0.25, -0.2) is 4.57 Å². The van der Waals surface area contributed by atoms with Gasteiger partial charge in [0.2, 0.25) is 0 Å². The van der Waals surface area contributed by atoms with Gasteiger partial charge >= 0.3 is 19.8 Å². The molecule has 0 heterocycles. The first-order valence-electron chi connectivity index (χ1n) is 21.5. The van der Waals surface area contributed by atoms with Gasteiger partial charge in [-0.1, -0.05) is 143 Å². The smallest absolute Gasteiger partial charge is 0.462 e. The largest absolute Gasteiger partial charge is 0.472 e. The van der Waals surface area contributed by atoms with Crippen molar-refractivity contribution < 1.29 is 42.1 Å². The number of allylic oxidation sites excluding steroid dienone is 16. The molecule has 0 saturated carbocycles. The highest BCUT2D eigenvalue weighted by Crippen LogP contribution is 2.43. The van der Waals surface area contributed by atoms with E-state index >= 15 is 0 Å². The van der Waals surface area contributed by atoms with Gasteiger partial charge in [0.15, 0.2) is 6.10 Å². The Morgan fingerprint density at radius 2 is 1.00 bits per heavy atom. The summed E-state index contributed by atoms with van der Waals surface area (Å²) in [5, 5.41) is 0. The standard InChI is InChI=1S/C47H78NO8P/c1-6-8-10-12-14-15-16-17-18-19-20-21-22-23-24-25-26-27-28-29-30-31-32-33-34-36-38-40-47(50)56-45(43-53-46(49)39-37-35-13-11-9-7-2)44-55-57(51,52)54-42-41-48(3,4)5/h8,10,14-15,17-18,20-21,23-24,26-27,29-30,32-33,45H,6-7,9,11-13,16,19,22,25,28,31,34-44H2,1-5H3/p+1/b10-8-,15-14-,18-17-,21-20-,24-23-,27-26-,30-29-,33-32-. The number of ether oxygens (including phenoxy) is 2. The molecule has 10 heteroatoms. The average molecular weight is 817 g/mol. The highest BCUT2D eigenvalue weighted by atomic mass is 31.2. The Bertz CT molecular complexity index is 1290. The fourth-order valence-electron chi connectivity index (χ4n) is 5.03. The van der Waals surface area contributed by atoms with Crippen molar-refractivity contribution in [2.45, 2.75) is 142 Å². The van der Waals surface area contributed by atoms with Crippen molar-refractivity contribution in [1.29, 1.82) is 0 Å². The van der Waals surface area contributed by atoms with Crippen LogP contribution in [0.25, 0.3) is 0 Å². The molecule has 0 bridgehead atoms. The van der Waals surface area contributed by atoms with E-state index in [1.54, 1.807) is 0 Å². The van der Waals surface area contributed by atoms with Crippen LogP contribution in [0, 0.1) is 0 Å². The zero-order valence-corrected chi connectivity index (χ0v) is 37.2. The summed E-state index contributed by atoms with van der Waals surface area (Å²) in [6, 6.07) is 0. The van der Waals surface area contributed by atoms with E-state index in [9.17, 15) is 19.0 Å². The van der Waals surface area contributed by atoms with E-state index in [0.717, 1.165) is 96.3 Å². The Morgan fingerprint density at radius 3 is 1.49 bits per heavy atom. The maximum atomic E-state index is 12.6. The summed E-state index contributed by atoms with van der Waals surface area (Å²) < 4.78 is 34.0. The van der Waals surface area contributed by atoms with E-state index in [4.69, 9.17) is 18.5 Å². The average Bonchev–Trinajstić information content (AvgIpc) is 3.16. The van der Waals surface area contributed by atoms with Gasteiger partial charge in [-0.05, 0) is 77.0 Å². The van der Waals surface area contributed by atoms with Gasteiger partial charge in [-0.15, -0.1) is 0 Å². The summed E-state index contributed by atoms with van der Waals surface area (Å²) in [5.41, 5.74) is 0. The molecule has 0 saturated heterocycles. The quantitative estimate of drug-likeness (QED) is 0.0217. The van der Waals surface area contributed by atoms with Crippen LogP contribution in [0.4, 0.5) is 0 Å². The first kappa shape index (κ1) is 53.9. The van der Waals surface area contributed by atoms with E-state index in [1.165, 1.54) is 6.42 Å². The summed E-state index contributed by atoms with van der Waals surface area (Å²) in [4.78, 5) is 35.0. The molecule has 0 aliphatic rings. The number of hydrogen-bond donors (Lipinski definition) is 1. The second kappa shape index (κ2) is 38.4. The molecule has 57 heavy (non-hydrogen) atoms. The number of quaternary nitrogens is 1. The Morgan fingerprint density at radius 1 is 0.561 bits per heavy atom. The third kappa shape index (κ3) is 42.4. The van der Waals surface area contributed by atoms with Crippen LogP contribution in [0.15, 0.2) is 97.2 Å². The van der Waals surface area contributed by atoms with E-state index in [0.29, 0.717) is 17.4 Å². The van der Waals surface area contributed by atoms with Gasteiger partial charge < -0.3 is 18.9 Å². The molecule has 2 atom stereocenters. The lowest BCUT2D eigenvalue weighted by Crippen LogP contribution is -2.37. The number of nitrogens with zero attached hydrogens (tertiary/aromatic N) is 1. The van der Waals surface area contributed by atoms with Gasteiger partial charge in [0, 0.05) is 12.8 Å². The monoisotopic (exact) mass is 817 g/mol. The third-order valence-electron chi connectivity index (χ3n) is 8.38. The van der Waals surface area contributed by atoms with Gasteiger partial charge in [0.1, 0.15) is 19.8 Å². The number of hydrogen-bond acceptors (Lipinski definition) is 7. The van der Waals surface area contributed by atoms with Crippen molar-refractivity contribution in [3.05, 3.63) is 97.2 Å². The molecule has 0 rings (SSSR count). The third-order valence-corrected chi connectivity index (χ3v) is 9.36. The zero-order valence-electron chi connectivity index (χ0n) is 36.3. The molecule has 0 amide bonds. The predicted octanol–water partition coefficient (Wildman–Crippen LogP) is 12.2. The molecule has 0 aromatic carbocycles. The van der Waals surface area contributed by atoms with Crippen LogP contribution in [0.3, 0.4) is 0 Å². The number of esters is 2. The number of phosphoric acid groups is 1. The van der Waals surface area contributed by atoms with Crippen molar-refractivity contribution in [2.24, 2.45) is 0 Å². The summed E-state index contributed by atoms with van der Waals surface area (Å²) in [6.45, 7) is 4.15. The topological polar surface area (TPSA) is 108 Å². The van der Waals surface area contributed by atoms with Gasteiger partial charge in [0.05, 0.1) is 27.7 Å². The lowest BCUT2D eigenvalue weighted by molar-refractivity contribution is -0.870. The maximum Gasteiger partial charge on any atom is 0.472 e. The first-order chi connectivity index (χ1) is 27.5. The van der Waals surface area contributed by atoms with E-state index in [1.807, 2.05) is 21.1 Å². The fourth-order valence-corrected chi connectivity index (χ4v) is 5.77. The van der Waals surface area contributed by atoms with Crippen molar-refractivity contribution in [1.82, 2.24) is 0 Å². The fraction of sp³-hybridized carbons (Fsp3) is 0.617. The molecular formula is C47H79NO8P+. The lowest BCUT2D eigenvalue weighted by Gasteiger charge is -2.24. The van der Waals surface area contributed by atoms with E-state index in [-0.39, 0.29) is 26.1 Å². The summed E-state index contributed by atoms with van der Waals surface area (Å²) in [5.74, 6) is -0.871. The maximum absolute atomic E-state index is 12.6. The Labute approximate surface area is 347 Å². The molecule has 9 nitrogen and oxygen atoms in total. The molecular weight excluding hydrogens is 737 g/mol. The molecule has 0 aromatic heterocycles. The van der Waals surface area contributed by atoms with Gasteiger partial charge in [-0.3, -0.25) is 18.6 Å². The normalized spacial score (nSPS) is 14.6. The number of unbranched alkanes of at least 4 members (excludes halogenated alkanes) is 7. The number of carbonyl (C=O) groups excluding carboxylic acids is 2. The number of likely N-dealkylation sites (N-methyl/N-ethyl adjacent to an activating group) is 1. The lowest BCUT2D eigenvalue weighted by atomic mass is 10.1. The number of phosphoric ester groups is 1. The van der Waals surface area contributed by atoms with Crippen LogP contribution in [0.2, 0.25) is 0 Å². The molecule has 0 fully saturated rings. The van der Waals surface area contributed by atoms with Crippen molar-refractivity contribution >= 4 is 19.8 Å². The minimum Gasteiger partial charge on any atom is -0.462 e. The first-order valence-corrected chi connectivity index (χ1v) is 23.0. The molecule has 0 aromatic rings. The van der Waals surface area contributed by atoms with Crippen LogP contribution in [0.1, 0.15) is 136 Å². The van der Waals surface area contributed by atoms with Crippen LogP contribution in [-0.4, -0.2) is 74.9 Å². The molecule has 0 spiro atoms.